The number of halogens is 1. The first-order chi connectivity index (χ1) is 15.2. The molecule has 7 nitrogen and oxygen atoms in total. The van der Waals surface area contributed by atoms with Gasteiger partial charge in [0, 0.05) is 39.2 Å². The van der Waals surface area contributed by atoms with E-state index >= 15 is 0 Å². The molecule has 0 atom stereocenters. The predicted octanol–water partition coefficient (Wildman–Crippen LogP) is 4.17. The molecule has 2 aromatic heterocycles. The first-order valence-corrected chi connectivity index (χ1v) is 10.0. The lowest BCUT2D eigenvalue weighted by molar-refractivity contribution is -0.117. The van der Waals surface area contributed by atoms with Crippen molar-refractivity contribution in [2.75, 3.05) is 23.9 Å². The zero-order valence-electron chi connectivity index (χ0n) is 18.9. The third kappa shape index (κ3) is 4.32. The summed E-state index contributed by atoms with van der Waals surface area (Å²) in [6, 6.07) is 9.13. The first kappa shape index (κ1) is 16.1. The number of hydrogen-bond donors (Lipinski definition) is 1. The lowest BCUT2D eigenvalue weighted by Gasteiger charge is -2.23. The number of benzene rings is 1. The van der Waals surface area contributed by atoms with Crippen LogP contribution < -0.4 is 15.0 Å². The van der Waals surface area contributed by atoms with Crippen molar-refractivity contribution in [1.82, 2.24) is 15.2 Å². The van der Waals surface area contributed by atoms with E-state index in [2.05, 4.69) is 36.4 Å². The number of carbonyl (C=O) groups excluding carboxylic acids is 1. The monoisotopic (exact) mass is 458 g/mol. The second-order valence-corrected chi connectivity index (χ2v) is 7.74. The number of amides is 1. The smallest absolute Gasteiger partial charge is 0.228 e. The lowest BCUT2D eigenvalue weighted by Crippen LogP contribution is -2.24. The summed E-state index contributed by atoms with van der Waals surface area (Å²) in [4.78, 5) is 18.2. The topological polar surface area (TPSA) is 80.2 Å². The van der Waals surface area contributed by atoms with Gasteiger partial charge in [-0.15, -0.1) is 10.2 Å². The fourth-order valence-electron chi connectivity index (χ4n) is 3.01. The van der Waals surface area contributed by atoms with Gasteiger partial charge in [-0.25, -0.2) is 4.98 Å². The van der Waals surface area contributed by atoms with E-state index in [-0.39, 0.29) is 18.4 Å². The summed E-state index contributed by atoms with van der Waals surface area (Å²) in [5, 5.41) is 11.9. The van der Waals surface area contributed by atoms with E-state index in [9.17, 15) is 4.79 Å². The van der Waals surface area contributed by atoms with Crippen LogP contribution in [0.25, 0.3) is 10.9 Å². The van der Waals surface area contributed by atoms with E-state index in [0.29, 0.717) is 33.6 Å². The standard InChI is InChI=1S/C21H22BrN5O2/c1-3-27(12-13-4-8-15(29-2)9-5-13)20-19-16(17(22)11-23-20)10-18(25-26-19)24-21(28)14-6-7-14/h4-5,8-11,14H,3,6-7,12H2,1-2H3,(H,24,25,28)/i1D3. The van der Waals surface area contributed by atoms with Gasteiger partial charge in [-0.05, 0) is 59.4 Å². The van der Waals surface area contributed by atoms with Crippen LogP contribution in [-0.4, -0.2) is 34.7 Å². The Morgan fingerprint density at radius 3 is 2.83 bits per heavy atom. The van der Waals surface area contributed by atoms with Crippen molar-refractivity contribution >= 4 is 44.4 Å². The van der Waals surface area contributed by atoms with Crippen molar-refractivity contribution in [1.29, 1.82) is 0 Å². The molecule has 0 radical (unpaired) electrons. The predicted molar refractivity (Wildman–Crippen MR) is 116 cm³/mol. The molecule has 1 aliphatic rings. The fraction of sp³-hybridized carbons (Fsp3) is 0.333. The second-order valence-electron chi connectivity index (χ2n) is 6.89. The Morgan fingerprint density at radius 2 is 2.14 bits per heavy atom. The van der Waals surface area contributed by atoms with Crippen molar-refractivity contribution in [2.45, 2.75) is 26.2 Å². The minimum Gasteiger partial charge on any atom is -0.497 e. The van der Waals surface area contributed by atoms with Gasteiger partial charge in [0.15, 0.2) is 11.6 Å². The summed E-state index contributed by atoms with van der Waals surface area (Å²) in [6.45, 7) is -2.11. The molecule has 1 amide bonds. The van der Waals surface area contributed by atoms with Gasteiger partial charge in [0.2, 0.25) is 5.91 Å². The first-order valence-electron chi connectivity index (χ1n) is 10.7. The number of nitrogens with one attached hydrogen (secondary N) is 1. The zero-order valence-corrected chi connectivity index (χ0v) is 17.4. The average molecular weight is 459 g/mol. The quantitative estimate of drug-likeness (QED) is 0.571. The summed E-state index contributed by atoms with van der Waals surface area (Å²) in [7, 11) is 1.59. The molecule has 0 aliphatic heterocycles. The van der Waals surface area contributed by atoms with Crippen LogP contribution in [0.1, 0.15) is 29.4 Å². The van der Waals surface area contributed by atoms with Gasteiger partial charge in [0.05, 0.1) is 7.11 Å². The van der Waals surface area contributed by atoms with Crippen LogP contribution in [0.15, 0.2) is 41.0 Å². The van der Waals surface area contributed by atoms with Crippen LogP contribution in [0.4, 0.5) is 11.6 Å². The molecule has 2 heterocycles. The molecule has 1 N–H and O–H groups in total. The summed E-state index contributed by atoms with van der Waals surface area (Å²) in [5.74, 6) is 1.46. The number of hydrogen-bond acceptors (Lipinski definition) is 6. The van der Waals surface area contributed by atoms with Crippen molar-refractivity contribution in [3.05, 3.63) is 46.6 Å². The van der Waals surface area contributed by atoms with Gasteiger partial charge >= 0.3 is 0 Å². The number of fused-ring (bicyclic) bond motifs is 1. The molecule has 3 aromatic rings. The van der Waals surface area contributed by atoms with Crippen LogP contribution in [0.2, 0.25) is 0 Å². The Morgan fingerprint density at radius 1 is 1.34 bits per heavy atom. The second kappa shape index (κ2) is 8.32. The van der Waals surface area contributed by atoms with Crippen molar-refractivity contribution < 1.29 is 13.6 Å². The zero-order chi connectivity index (χ0) is 22.9. The highest BCUT2D eigenvalue weighted by atomic mass is 79.9. The molecule has 0 bridgehead atoms. The molecule has 1 aromatic carbocycles. The highest BCUT2D eigenvalue weighted by Gasteiger charge is 2.30. The Kier molecular flexibility index (Phi) is 4.62. The molecule has 0 saturated heterocycles. The van der Waals surface area contributed by atoms with E-state index in [0.717, 1.165) is 24.2 Å². The minimum absolute atomic E-state index is 0.0446. The van der Waals surface area contributed by atoms with Gasteiger partial charge in [-0.1, -0.05) is 12.1 Å². The van der Waals surface area contributed by atoms with Crippen LogP contribution in [0, 0.1) is 5.92 Å². The Hall–Kier alpha value is -2.74. The molecule has 1 aliphatic carbocycles. The van der Waals surface area contributed by atoms with E-state index in [1.54, 1.807) is 24.3 Å². The van der Waals surface area contributed by atoms with Gasteiger partial charge < -0.3 is 15.0 Å². The fourth-order valence-corrected chi connectivity index (χ4v) is 3.42. The SMILES string of the molecule is [2H]C([2H])([2H])CN(Cc1ccc(OC)cc1)c1ncc(Br)c2cc(NC(=O)C3CC3)nnc12. The average Bonchev–Trinajstić information content (AvgIpc) is 3.59. The largest absolute Gasteiger partial charge is 0.497 e. The van der Waals surface area contributed by atoms with Crippen LogP contribution >= 0.6 is 15.9 Å². The van der Waals surface area contributed by atoms with E-state index in [1.165, 1.54) is 0 Å². The van der Waals surface area contributed by atoms with E-state index < -0.39 is 6.85 Å². The summed E-state index contributed by atoms with van der Waals surface area (Å²) in [6.07, 6.45) is 3.38. The van der Waals surface area contributed by atoms with Gasteiger partial charge in [-0.3, -0.25) is 4.79 Å². The number of anilines is 2. The van der Waals surface area contributed by atoms with Crippen LogP contribution in [-0.2, 0) is 11.3 Å². The number of aromatic nitrogens is 3. The molecule has 29 heavy (non-hydrogen) atoms. The molecule has 4 rings (SSSR count). The molecular formula is C21H22BrN5O2. The van der Waals surface area contributed by atoms with E-state index in [1.807, 2.05) is 24.3 Å². The van der Waals surface area contributed by atoms with Crippen molar-refractivity contribution in [2.24, 2.45) is 5.92 Å². The molecule has 1 saturated carbocycles. The van der Waals surface area contributed by atoms with E-state index in [4.69, 9.17) is 8.85 Å². The Bertz CT molecular complexity index is 1140. The maximum atomic E-state index is 12.1. The summed E-state index contributed by atoms with van der Waals surface area (Å²) >= 11 is 3.48. The molecule has 8 heteroatoms. The Labute approximate surface area is 181 Å². The number of methoxy groups -OCH3 is 1. The molecule has 0 unspecified atom stereocenters. The summed E-state index contributed by atoms with van der Waals surface area (Å²) < 4.78 is 29.3. The molecule has 0 spiro atoms. The molecule has 1 fully saturated rings. The van der Waals surface area contributed by atoms with Crippen LogP contribution in [0.5, 0.6) is 5.75 Å². The number of rotatable bonds is 7. The maximum Gasteiger partial charge on any atom is 0.228 e. The highest BCUT2D eigenvalue weighted by Crippen LogP contribution is 2.32. The molecule has 150 valence electrons. The van der Waals surface area contributed by atoms with Crippen LogP contribution in [0.3, 0.4) is 0 Å². The van der Waals surface area contributed by atoms with Gasteiger partial charge in [0.25, 0.3) is 0 Å². The number of carbonyl (C=O) groups is 1. The van der Waals surface area contributed by atoms with Crippen molar-refractivity contribution in [3.63, 3.8) is 0 Å². The highest BCUT2D eigenvalue weighted by molar-refractivity contribution is 9.10. The minimum atomic E-state index is -2.21. The summed E-state index contributed by atoms with van der Waals surface area (Å²) in [5.41, 5.74) is 1.34. The van der Waals surface area contributed by atoms with Gasteiger partial charge in [0.1, 0.15) is 11.3 Å². The lowest BCUT2D eigenvalue weighted by atomic mass is 10.2. The molecular weight excluding hydrogens is 434 g/mol. The normalized spacial score (nSPS) is 15.3. The number of ether oxygens (including phenoxy) is 1. The number of nitrogens with zero attached hydrogens (tertiary/aromatic N) is 4. The maximum absolute atomic E-state index is 12.1. The van der Waals surface area contributed by atoms with Crippen molar-refractivity contribution in [3.8, 4) is 5.75 Å². The van der Waals surface area contributed by atoms with Gasteiger partial charge in [-0.2, -0.15) is 0 Å². The Balaban J connectivity index is 1.70. The number of pyridine rings is 1. The third-order valence-electron chi connectivity index (χ3n) is 4.79. The third-order valence-corrected chi connectivity index (χ3v) is 5.42.